The molecule has 0 bridgehead atoms. The maximum atomic E-state index is 6.12. The van der Waals surface area contributed by atoms with Crippen LogP contribution >= 0.6 is 39.1 Å². The summed E-state index contributed by atoms with van der Waals surface area (Å²) in [6.07, 6.45) is 1.02. The summed E-state index contributed by atoms with van der Waals surface area (Å²) in [6.45, 7) is 2.21. The van der Waals surface area contributed by atoms with Gasteiger partial charge in [0.25, 0.3) is 0 Å². The second kappa shape index (κ2) is 3.45. The molecule has 0 fully saturated rings. The fourth-order valence-electron chi connectivity index (χ4n) is 1.81. The lowest BCUT2D eigenvalue weighted by Crippen LogP contribution is -1.93. The monoisotopic (exact) mass is 278 g/mol. The van der Waals surface area contributed by atoms with Gasteiger partial charge < -0.3 is 0 Å². The largest absolute Gasteiger partial charge is 0.0836 e. The summed E-state index contributed by atoms with van der Waals surface area (Å²) in [5.41, 5.74) is 2.51. The molecule has 2 atom stereocenters. The molecule has 0 spiro atoms. The maximum absolute atomic E-state index is 6.12. The lowest BCUT2D eigenvalue weighted by molar-refractivity contribution is 0.623. The van der Waals surface area contributed by atoms with E-state index in [1.165, 1.54) is 11.1 Å². The third kappa shape index (κ3) is 1.51. The molecule has 13 heavy (non-hydrogen) atoms. The summed E-state index contributed by atoms with van der Waals surface area (Å²) in [4.78, 5) is 0.428. The predicted molar refractivity (Wildman–Crippen MR) is 61.0 cm³/mol. The molecule has 0 saturated carbocycles. The molecular formula is C10H9BrCl2. The topological polar surface area (TPSA) is 0 Å². The first-order valence-corrected chi connectivity index (χ1v) is 5.89. The Bertz CT molecular complexity index is 349. The van der Waals surface area contributed by atoms with Crippen molar-refractivity contribution >= 4 is 39.1 Å². The fourth-order valence-corrected chi connectivity index (χ4v) is 2.85. The van der Waals surface area contributed by atoms with Crippen LogP contribution in [0.2, 0.25) is 10.0 Å². The van der Waals surface area contributed by atoms with Gasteiger partial charge in [0.15, 0.2) is 0 Å². The molecule has 0 radical (unpaired) electrons. The van der Waals surface area contributed by atoms with E-state index in [9.17, 15) is 0 Å². The zero-order chi connectivity index (χ0) is 9.59. The minimum Gasteiger partial charge on any atom is -0.0836 e. The van der Waals surface area contributed by atoms with Gasteiger partial charge in [-0.2, -0.15) is 0 Å². The van der Waals surface area contributed by atoms with Crippen LogP contribution in [0.15, 0.2) is 12.1 Å². The summed E-state index contributed by atoms with van der Waals surface area (Å²) in [5, 5.41) is 1.39. The summed E-state index contributed by atoms with van der Waals surface area (Å²) < 4.78 is 0. The van der Waals surface area contributed by atoms with Crippen molar-refractivity contribution in [2.45, 2.75) is 18.2 Å². The van der Waals surface area contributed by atoms with Crippen LogP contribution in [0.5, 0.6) is 0 Å². The van der Waals surface area contributed by atoms with Crippen molar-refractivity contribution in [2.24, 2.45) is 5.92 Å². The first-order chi connectivity index (χ1) is 6.11. The Morgan fingerprint density at radius 2 is 2.08 bits per heavy atom. The first-order valence-electron chi connectivity index (χ1n) is 4.22. The molecule has 0 N–H and O–H groups in total. The lowest BCUT2D eigenvalue weighted by Gasteiger charge is -2.07. The van der Waals surface area contributed by atoms with E-state index in [1.807, 2.05) is 6.07 Å². The van der Waals surface area contributed by atoms with Gasteiger partial charge in [-0.1, -0.05) is 52.1 Å². The molecule has 0 amide bonds. The first kappa shape index (κ1) is 9.82. The number of alkyl halides is 1. The van der Waals surface area contributed by atoms with E-state index in [2.05, 4.69) is 28.9 Å². The van der Waals surface area contributed by atoms with Crippen molar-refractivity contribution in [3.8, 4) is 0 Å². The van der Waals surface area contributed by atoms with Crippen LogP contribution in [0, 0.1) is 5.92 Å². The molecule has 0 aliphatic heterocycles. The SMILES string of the molecule is CC1Cc2c(ccc(Cl)c2Cl)C1Br. The van der Waals surface area contributed by atoms with Crippen LogP contribution in [0.25, 0.3) is 0 Å². The molecule has 0 nitrogen and oxygen atoms in total. The molecule has 0 heterocycles. The van der Waals surface area contributed by atoms with Gasteiger partial charge >= 0.3 is 0 Å². The molecule has 1 aromatic rings. The number of benzene rings is 1. The van der Waals surface area contributed by atoms with Crippen molar-refractivity contribution in [3.05, 3.63) is 33.3 Å². The van der Waals surface area contributed by atoms with E-state index in [0.717, 1.165) is 11.4 Å². The number of hydrogen-bond acceptors (Lipinski definition) is 0. The van der Waals surface area contributed by atoms with E-state index in [0.29, 0.717) is 15.8 Å². The van der Waals surface area contributed by atoms with Gasteiger partial charge in [-0.15, -0.1) is 0 Å². The third-order valence-corrected chi connectivity index (χ3v) is 4.79. The Hall–Kier alpha value is 0.280. The second-order valence-electron chi connectivity index (χ2n) is 3.51. The highest BCUT2D eigenvalue weighted by Crippen LogP contribution is 2.46. The average molecular weight is 280 g/mol. The Kier molecular flexibility index (Phi) is 2.61. The van der Waals surface area contributed by atoms with E-state index in [4.69, 9.17) is 23.2 Å². The smallest absolute Gasteiger partial charge is 0.0627 e. The van der Waals surface area contributed by atoms with Crippen molar-refractivity contribution in [3.63, 3.8) is 0 Å². The summed E-state index contributed by atoms with van der Waals surface area (Å²) in [7, 11) is 0. The van der Waals surface area contributed by atoms with Gasteiger partial charge in [-0.25, -0.2) is 0 Å². The fraction of sp³-hybridized carbons (Fsp3) is 0.400. The number of halogens is 3. The van der Waals surface area contributed by atoms with Crippen molar-refractivity contribution in [1.29, 1.82) is 0 Å². The second-order valence-corrected chi connectivity index (χ2v) is 5.28. The van der Waals surface area contributed by atoms with Crippen LogP contribution in [-0.4, -0.2) is 0 Å². The van der Waals surface area contributed by atoms with Gasteiger partial charge in [0.2, 0.25) is 0 Å². The van der Waals surface area contributed by atoms with E-state index in [-0.39, 0.29) is 0 Å². The molecule has 2 unspecified atom stereocenters. The highest BCUT2D eigenvalue weighted by molar-refractivity contribution is 9.09. The van der Waals surface area contributed by atoms with E-state index < -0.39 is 0 Å². The Morgan fingerprint density at radius 3 is 2.77 bits per heavy atom. The highest BCUT2D eigenvalue weighted by Gasteiger charge is 2.29. The lowest BCUT2D eigenvalue weighted by atomic mass is 10.1. The molecule has 70 valence electrons. The van der Waals surface area contributed by atoms with Crippen LogP contribution in [0.3, 0.4) is 0 Å². The molecule has 0 saturated heterocycles. The number of rotatable bonds is 0. The maximum Gasteiger partial charge on any atom is 0.0627 e. The van der Waals surface area contributed by atoms with Gasteiger partial charge in [-0.05, 0) is 29.5 Å². The van der Waals surface area contributed by atoms with Gasteiger partial charge in [0, 0.05) is 4.83 Å². The number of fused-ring (bicyclic) bond motifs is 1. The molecule has 3 heteroatoms. The minimum atomic E-state index is 0.428. The summed E-state index contributed by atoms with van der Waals surface area (Å²) in [5.74, 6) is 0.603. The minimum absolute atomic E-state index is 0.428. The molecular weight excluding hydrogens is 271 g/mol. The summed E-state index contributed by atoms with van der Waals surface area (Å²) >= 11 is 15.7. The molecule has 1 aliphatic carbocycles. The molecule has 0 aromatic heterocycles. The molecule has 1 aromatic carbocycles. The Morgan fingerprint density at radius 1 is 1.38 bits per heavy atom. The third-order valence-electron chi connectivity index (χ3n) is 2.56. The quantitative estimate of drug-likeness (QED) is 0.608. The standard InChI is InChI=1S/C10H9BrCl2/c1-5-4-7-6(9(5)11)2-3-8(12)10(7)13/h2-3,5,9H,4H2,1H3. The Balaban J connectivity index is 2.57. The van der Waals surface area contributed by atoms with Gasteiger partial charge in [0.1, 0.15) is 0 Å². The van der Waals surface area contributed by atoms with Crippen LogP contribution in [0.4, 0.5) is 0 Å². The van der Waals surface area contributed by atoms with Gasteiger partial charge in [-0.3, -0.25) is 0 Å². The zero-order valence-electron chi connectivity index (χ0n) is 7.15. The molecule has 2 rings (SSSR count). The van der Waals surface area contributed by atoms with Crippen LogP contribution in [0.1, 0.15) is 22.9 Å². The normalized spacial score (nSPS) is 26.2. The number of hydrogen-bond donors (Lipinski definition) is 0. The van der Waals surface area contributed by atoms with E-state index >= 15 is 0 Å². The average Bonchev–Trinajstić information content (AvgIpc) is 2.38. The van der Waals surface area contributed by atoms with Crippen molar-refractivity contribution < 1.29 is 0 Å². The van der Waals surface area contributed by atoms with Gasteiger partial charge in [0.05, 0.1) is 10.0 Å². The predicted octanol–water partition coefficient (Wildman–Crippen LogP) is 4.62. The highest BCUT2D eigenvalue weighted by atomic mass is 79.9. The summed E-state index contributed by atoms with van der Waals surface area (Å²) in [6, 6.07) is 3.93. The van der Waals surface area contributed by atoms with Crippen LogP contribution in [-0.2, 0) is 6.42 Å². The Labute approximate surface area is 96.4 Å². The van der Waals surface area contributed by atoms with E-state index in [1.54, 1.807) is 0 Å². The molecule has 1 aliphatic rings. The van der Waals surface area contributed by atoms with Crippen molar-refractivity contribution in [1.82, 2.24) is 0 Å². The van der Waals surface area contributed by atoms with Crippen molar-refractivity contribution in [2.75, 3.05) is 0 Å². The van der Waals surface area contributed by atoms with Crippen LogP contribution < -0.4 is 0 Å². The zero-order valence-corrected chi connectivity index (χ0v) is 10.2.